The molecule has 7 nitrogen and oxygen atoms in total. The van der Waals surface area contributed by atoms with Gasteiger partial charge in [0.15, 0.2) is 0 Å². The lowest BCUT2D eigenvalue weighted by molar-refractivity contribution is -0.171. The van der Waals surface area contributed by atoms with Crippen LogP contribution in [0.2, 0.25) is 0 Å². The molecule has 0 spiro atoms. The van der Waals surface area contributed by atoms with Crippen molar-refractivity contribution in [2.24, 2.45) is 0 Å². The summed E-state index contributed by atoms with van der Waals surface area (Å²) in [4.78, 5) is 33.4. The van der Waals surface area contributed by atoms with E-state index in [-0.39, 0.29) is 11.5 Å². The van der Waals surface area contributed by atoms with Crippen molar-refractivity contribution in [1.29, 1.82) is 0 Å². The van der Waals surface area contributed by atoms with E-state index in [2.05, 4.69) is 5.32 Å². The molecule has 1 rings (SSSR count). The molecule has 0 unspecified atom stereocenters. The lowest BCUT2D eigenvalue weighted by Gasteiger charge is -2.20. The Morgan fingerprint density at radius 1 is 1.50 bits per heavy atom. The highest BCUT2D eigenvalue weighted by molar-refractivity contribution is 6.05. The van der Waals surface area contributed by atoms with Crippen LogP contribution >= 0.6 is 0 Å². The Morgan fingerprint density at radius 3 is 2.44 bits per heavy atom. The second-order valence-electron chi connectivity index (χ2n) is 4.45. The highest BCUT2D eigenvalue weighted by atomic mass is 16.6. The summed E-state index contributed by atoms with van der Waals surface area (Å²) in [5.74, 6) is -1.60. The Labute approximate surface area is 92.3 Å². The molecule has 1 aliphatic heterocycles. The van der Waals surface area contributed by atoms with Crippen LogP contribution in [0, 0.1) is 0 Å². The predicted molar refractivity (Wildman–Crippen MR) is 51.4 cm³/mol. The van der Waals surface area contributed by atoms with Crippen molar-refractivity contribution < 1.29 is 24.3 Å². The quantitative estimate of drug-likeness (QED) is 0.489. The predicted octanol–water partition coefficient (Wildman–Crippen LogP) is 0.0278. The van der Waals surface area contributed by atoms with Crippen molar-refractivity contribution in [2.45, 2.75) is 38.8 Å². The van der Waals surface area contributed by atoms with Gasteiger partial charge in [0.05, 0.1) is 6.42 Å². The Bertz CT molecular complexity index is 333. The molecule has 2 N–H and O–H groups in total. The summed E-state index contributed by atoms with van der Waals surface area (Å²) in [7, 11) is 0. The van der Waals surface area contributed by atoms with E-state index < -0.39 is 29.6 Å². The van der Waals surface area contributed by atoms with Crippen molar-refractivity contribution in [3.05, 3.63) is 0 Å². The number of carbonyl (C=O) groups excluding carboxylic acids is 3. The van der Waals surface area contributed by atoms with Crippen LogP contribution in [0.1, 0.15) is 27.2 Å². The zero-order valence-corrected chi connectivity index (χ0v) is 9.31. The number of ether oxygens (including phenoxy) is 1. The molecule has 0 saturated carbocycles. The van der Waals surface area contributed by atoms with Gasteiger partial charge in [0.2, 0.25) is 0 Å². The number of rotatable bonds is 1. The molecule has 1 fully saturated rings. The zero-order valence-electron chi connectivity index (χ0n) is 9.31. The number of alkyl carbamates (subject to hydrolysis) is 1. The van der Waals surface area contributed by atoms with E-state index in [1.807, 2.05) is 0 Å². The first kappa shape index (κ1) is 12.4. The maximum Gasteiger partial charge on any atom is 0.408 e. The maximum atomic E-state index is 11.3. The van der Waals surface area contributed by atoms with Crippen LogP contribution in [-0.4, -0.2) is 39.8 Å². The van der Waals surface area contributed by atoms with Crippen LogP contribution in [0.4, 0.5) is 4.79 Å². The molecule has 3 amide bonds. The van der Waals surface area contributed by atoms with Gasteiger partial charge >= 0.3 is 6.09 Å². The molecule has 0 aromatic heterocycles. The lowest BCUT2D eigenvalue weighted by Crippen LogP contribution is -2.43. The third-order valence-electron chi connectivity index (χ3n) is 1.81. The number of imide groups is 1. The molecule has 90 valence electrons. The van der Waals surface area contributed by atoms with Crippen molar-refractivity contribution >= 4 is 17.9 Å². The first-order valence-electron chi connectivity index (χ1n) is 4.76. The summed E-state index contributed by atoms with van der Waals surface area (Å²) < 4.78 is 4.90. The van der Waals surface area contributed by atoms with E-state index in [4.69, 9.17) is 9.94 Å². The number of hydroxylamine groups is 2. The molecule has 0 bridgehead atoms. The average molecular weight is 230 g/mol. The van der Waals surface area contributed by atoms with Gasteiger partial charge in [0.25, 0.3) is 11.8 Å². The molecule has 0 aromatic rings. The molecular formula is C9H14N2O5. The van der Waals surface area contributed by atoms with Crippen LogP contribution in [-0.2, 0) is 14.3 Å². The summed E-state index contributed by atoms with van der Waals surface area (Å²) in [5.41, 5.74) is -0.686. The number of carbonyl (C=O) groups is 3. The van der Waals surface area contributed by atoms with E-state index >= 15 is 0 Å². The van der Waals surface area contributed by atoms with Crippen molar-refractivity contribution in [3.8, 4) is 0 Å². The summed E-state index contributed by atoms with van der Waals surface area (Å²) in [6.07, 6.45) is -1.05. The first-order valence-corrected chi connectivity index (χ1v) is 4.76. The lowest BCUT2D eigenvalue weighted by atomic mass is 10.2. The smallest absolute Gasteiger partial charge is 0.408 e. The van der Waals surface area contributed by atoms with Gasteiger partial charge in [0.1, 0.15) is 11.6 Å². The van der Waals surface area contributed by atoms with Gasteiger partial charge in [-0.3, -0.25) is 14.8 Å². The van der Waals surface area contributed by atoms with Gasteiger partial charge in [-0.25, -0.2) is 4.79 Å². The monoisotopic (exact) mass is 230 g/mol. The van der Waals surface area contributed by atoms with Crippen LogP contribution in [0.3, 0.4) is 0 Å². The van der Waals surface area contributed by atoms with E-state index in [0.717, 1.165) is 0 Å². The van der Waals surface area contributed by atoms with E-state index in [1.54, 1.807) is 20.8 Å². The topological polar surface area (TPSA) is 95.9 Å². The third kappa shape index (κ3) is 2.93. The van der Waals surface area contributed by atoms with E-state index in [0.29, 0.717) is 0 Å². The second kappa shape index (κ2) is 4.09. The minimum absolute atomic E-state index is 0.00202. The minimum Gasteiger partial charge on any atom is -0.444 e. The average Bonchev–Trinajstić information content (AvgIpc) is 2.30. The standard InChI is InChI=1S/C9H14N2O5/c1-9(2,3)16-8(14)10-5-4-6(12)11(15)7(5)13/h5,15H,4H2,1-3H3,(H,10,14)/t5-/m0/s1. The number of nitrogens with one attached hydrogen (secondary N) is 1. The Hall–Kier alpha value is -1.63. The van der Waals surface area contributed by atoms with Gasteiger partial charge in [-0.2, -0.15) is 5.06 Å². The van der Waals surface area contributed by atoms with Crippen molar-refractivity contribution in [2.75, 3.05) is 0 Å². The number of nitrogens with zero attached hydrogens (tertiary/aromatic N) is 1. The van der Waals surface area contributed by atoms with E-state index in [1.165, 1.54) is 0 Å². The summed E-state index contributed by atoms with van der Waals surface area (Å²) in [5, 5.41) is 11.1. The fraction of sp³-hybridized carbons (Fsp3) is 0.667. The molecule has 0 radical (unpaired) electrons. The highest BCUT2D eigenvalue weighted by Crippen LogP contribution is 2.12. The van der Waals surface area contributed by atoms with Crippen LogP contribution < -0.4 is 5.32 Å². The van der Waals surface area contributed by atoms with Gasteiger partial charge < -0.3 is 10.1 Å². The fourth-order valence-electron chi connectivity index (χ4n) is 1.18. The van der Waals surface area contributed by atoms with Gasteiger partial charge in [-0.05, 0) is 20.8 Å². The SMILES string of the molecule is CC(C)(C)OC(=O)N[C@H]1CC(=O)N(O)C1=O. The molecular weight excluding hydrogens is 216 g/mol. The number of amides is 3. The first-order chi connectivity index (χ1) is 7.20. The Morgan fingerprint density at radius 2 is 2.06 bits per heavy atom. The Balaban J connectivity index is 2.53. The van der Waals surface area contributed by atoms with Crippen molar-refractivity contribution in [3.63, 3.8) is 0 Å². The summed E-state index contributed by atoms with van der Waals surface area (Å²) >= 11 is 0. The molecule has 0 aromatic carbocycles. The number of hydrogen-bond donors (Lipinski definition) is 2. The summed E-state index contributed by atoms with van der Waals surface area (Å²) in [6, 6.07) is -1.05. The number of hydrogen-bond acceptors (Lipinski definition) is 5. The molecule has 1 saturated heterocycles. The normalized spacial score (nSPS) is 21.2. The van der Waals surface area contributed by atoms with Gasteiger partial charge in [-0.1, -0.05) is 0 Å². The molecule has 16 heavy (non-hydrogen) atoms. The van der Waals surface area contributed by atoms with Crippen LogP contribution in [0.15, 0.2) is 0 Å². The molecule has 7 heteroatoms. The molecule has 1 atom stereocenters. The molecule has 1 aliphatic rings. The van der Waals surface area contributed by atoms with Crippen LogP contribution in [0.25, 0.3) is 0 Å². The molecule has 1 heterocycles. The van der Waals surface area contributed by atoms with Crippen molar-refractivity contribution in [1.82, 2.24) is 10.4 Å². The maximum absolute atomic E-state index is 11.3. The Kier molecular flexibility index (Phi) is 3.18. The summed E-state index contributed by atoms with van der Waals surface area (Å²) in [6.45, 7) is 5.02. The highest BCUT2D eigenvalue weighted by Gasteiger charge is 2.39. The fourth-order valence-corrected chi connectivity index (χ4v) is 1.18. The molecule has 0 aliphatic carbocycles. The van der Waals surface area contributed by atoms with E-state index in [9.17, 15) is 14.4 Å². The van der Waals surface area contributed by atoms with Crippen LogP contribution in [0.5, 0.6) is 0 Å². The van der Waals surface area contributed by atoms with Gasteiger partial charge in [-0.15, -0.1) is 0 Å². The second-order valence-corrected chi connectivity index (χ2v) is 4.45. The third-order valence-corrected chi connectivity index (χ3v) is 1.81. The minimum atomic E-state index is -1.05. The van der Waals surface area contributed by atoms with Gasteiger partial charge in [0, 0.05) is 0 Å². The largest absolute Gasteiger partial charge is 0.444 e. The zero-order chi connectivity index (χ0) is 12.5.